The third-order valence-electron chi connectivity index (χ3n) is 5.79. The number of benzene rings is 2. The number of carbonyl (C=O) groups is 1. The third kappa shape index (κ3) is 5.67. The van der Waals surface area contributed by atoms with Crippen molar-refractivity contribution in [2.45, 2.75) is 49.1 Å². The molecule has 0 aliphatic carbocycles. The molecule has 7 nitrogen and oxygen atoms in total. The molecule has 0 fully saturated rings. The maximum Gasteiger partial charge on any atom is 0.284 e. The van der Waals surface area contributed by atoms with Crippen LogP contribution in [0.5, 0.6) is 0 Å². The van der Waals surface area contributed by atoms with Crippen molar-refractivity contribution in [2.24, 2.45) is 4.40 Å². The highest BCUT2D eigenvalue weighted by Crippen LogP contribution is 2.32. The number of Topliss-reactive ketones (excluding diaryl/α,β-unsaturated/α-hetero) is 1. The van der Waals surface area contributed by atoms with Crippen LogP contribution in [0.2, 0.25) is 0 Å². The molecule has 4 rings (SSSR count). The van der Waals surface area contributed by atoms with Crippen molar-refractivity contribution < 1.29 is 13.2 Å². The second kappa shape index (κ2) is 10.8. The predicted octanol–water partition coefficient (Wildman–Crippen LogP) is 4.90. The first-order valence-corrected chi connectivity index (χ1v) is 14.1. The molecule has 0 unspecified atom stereocenters. The molecular weight excluding hydrogens is 480 g/mol. The number of aryl methyl sites for hydroxylation is 1. The van der Waals surface area contributed by atoms with E-state index in [1.807, 2.05) is 30.3 Å². The lowest BCUT2D eigenvalue weighted by Gasteiger charge is -2.15. The number of ketones is 1. The summed E-state index contributed by atoms with van der Waals surface area (Å²) in [6, 6.07) is 14.7. The fraction of sp³-hybridized carbons (Fsp3) is 0.346. The topological polar surface area (TPSA) is 84.6 Å². The average Bonchev–Trinajstić information content (AvgIpc) is 3.20. The Labute approximate surface area is 211 Å². The van der Waals surface area contributed by atoms with E-state index in [0.717, 1.165) is 52.7 Å². The van der Waals surface area contributed by atoms with Crippen molar-refractivity contribution in [3.05, 3.63) is 65.6 Å². The van der Waals surface area contributed by atoms with Gasteiger partial charge in [0, 0.05) is 44.8 Å². The van der Waals surface area contributed by atoms with Crippen molar-refractivity contribution in [2.75, 3.05) is 19.8 Å². The number of fused-ring (bicyclic) bond motifs is 1. The van der Waals surface area contributed by atoms with Crippen LogP contribution in [0.4, 0.5) is 0 Å². The first-order valence-electron chi connectivity index (χ1n) is 11.7. The highest BCUT2D eigenvalue weighted by Gasteiger charge is 2.26. The Bertz CT molecular complexity index is 1340. The molecule has 0 saturated carbocycles. The highest BCUT2D eigenvalue weighted by molar-refractivity contribution is 7.99. The van der Waals surface area contributed by atoms with E-state index < -0.39 is 10.0 Å². The number of rotatable bonds is 9. The van der Waals surface area contributed by atoms with E-state index in [2.05, 4.69) is 15.9 Å². The summed E-state index contributed by atoms with van der Waals surface area (Å²) in [6.45, 7) is 2.71. The number of thioether (sulfide) groups is 1. The summed E-state index contributed by atoms with van der Waals surface area (Å²) >= 11 is 1.66. The minimum Gasteiger partial charge on any atom is -0.368 e. The number of hydrogen-bond donors (Lipinski definition) is 0. The van der Waals surface area contributed by atoms with Gasteiger partial charge in [0.15, 0.2) is 5.78 Å². The van der Waals surface area contributed by atoms with Gasteiger partial charge in [-0.3, -0.25) is 4.79 Å². The first-order chi connectivity index (χ1) is 16.8. The normalized spacial score (nSPS) is 13.9. The molecule has 2 aromatic carbocycles. The summed E-state index contributed by atoms with van der Waals surface area (Å²) in [5.74, 6) is 1.90. The molecule has 0 N–H and O–H groups in total. The van der Waals surface area contributed by atoms with Crippen LogP contribution in [0, 0.1) is 0 Å². The molecule has 1 aromatic heterocycles. The van der Waals surface area contributed by atoms with Gasteiger partial charge in [-0.05, 0) is 23.6 Å². The first kappa shape index (κ1) is 25.2. The zero-order chi connectivity index (χ0) is 25.0. The third-order valence-corrected chi connectivity index (χ3v) is 8.04. The largest absolute Gasteiger partial charge is 0.368 e. The molecule has 35 heavy (non-hydrogen) atoms. The van der Waals surface area contributed by atoms with Gasteiger partial charge in [0.1, 0.15) is 22.9 Å². The monoisotopic (exact) mass is 510 g/mol. The van der Waals surface area contributed by atoms with Crippen LogP contribution < -0.4 is 0 Å². The van der Waals surface area contributed by atoms with Crippen LogP contribution >= 0.6 is 11.8 Å². The summed E-state index contributed by atoms with van der Waals surface area (Å²) < 4.78 is 31.5. The van der Waals surface area contributed by atoms with Gasteiger partial charge in [-0.2, -0.15) is 8.42 Å². The van der Waals surface area contributed by atoms with Gasteiger partial charge in [0.2, 0.25) is 0 Å². The van der Waals surface area contributed by atoms with Crippen molar-refractivity contribution >= 4 is 33.9 Å². The zero-order valence-electron chi connectivity index (χ0n) is 20.3. The molecule has 0 amide bonds. The number of aromatic nitrogens is 2. The molecule has 1 aliphatic heterocycles. The van der Waals surface area contributed by atoms with Gasteiger partial charge in [-0.25, -0.2) is 4.98 Å². The fourth-order valence-corrected chi connectivity index (χ4v) is 6.17. The molecule has 1 aliphatic rings. The molecule has 0 saturated heterocycles. The molecule has 0 radical (unpaired) electrons. The summed E-state index contributed by atoms with van der Waals surface area (Å²) in [5.41, 5.74) is 3.15. The molecule has 0 atom stereocenters. The smallest absolute Gasteiger partial charge is 0.284 e. The zero-order valence-corrected chi connectivity index (χ0v) is 21.9. The van der Waals surface area contributed by atoms with Crippen molar-refractivity contribution in [3.63, 3.8) is 0 Å². The Morgan fingerprint density at radius 2 is 1.89 bits per heavy atom. The lowest BCUT2D eigenvalue weighted by Crippen LogP contribution is -2.16. The second-order valence-electron chi connectivity index (χ2n) is 8.75. The van der Waals surface area contributed by atoms with E-state index in [-0.39, 0.29) is 10.7 Å². The Balaban J connectivity index is 1.65. The Morgan fingerprint density at radius 1 is 1.14 bits per heavy atom. The standard InChI is InChI=1S/C26H30N4O3S2/c1-4-5-10-24-28-26-25(22(31)15-16-34-26)30(24)17-19-11-13-20(14-12-19)21-8-6-7-9-23(21)35(32,33)27-18-29(2)3/h6-9,11-14,18H,4-5,10,15-17H2,1-3H3/b27-18-. The minimum atomic E-state index is -3.84. The maximum atomic E-state index is 12.8. The van der Waals surface area contributed by atoms with Crippen molar-refractivity contribution in [3.8, 4) is 11.1 Å². The summed E-state index contributed by atoms with van der Waals surface area (Å²) in [7, 11) is -0.394. The van der Waals surface area contributed by atoms with E-state index in [0.29, 0.717) is 18.5 Å². The molecule has 0 bridgehead atoms. The SMILES string of the molecule is CCCCc1nc2c(n1Cc1ccc(-c3ccccc3S(=O)(=O)/N=C\N(C)C)cc1)C(=O)CCS2. The van der Waals surface area contributed by atoms with Gasteiger partial charge in [0.05, 0.1) is 4.90 Å². The maximum absolute atomic E-state index is 12.8. The van der Waals surface area contributed by atoms with Crippen LogP contribution in [0.25, 0.3) is 11.1 Å². The predicted molar refractivity (Wildman–Crippen MR) is 141 cm³/mol. The van der Waals surface area contributed by atoms with Crippen LogP contribution in [0.3, 0.4) is 0 Å². The molecule has 184 valence electrons. The number of hydrogen-bond acceptors (Lipinski definition) is 5. The molecular formula is C26H30N4O3S2. The Hall–Kier alpha value is -2.91. The summed E-state index contributed by atoms with van der Waals surface area (Å²) in [5, 5.41) is 0.849. The molecule has 0 spiro atoms. The number of unbranched alkanes of at least 4 members (excludes halogenated alkanes) is 1. The highest BCUT2D eigenvalue weighted by atomic mass is 32.2. The number of sulfonamides is 1. The van der Waals surface area contributed by atoms with Gasteiger partial charge in [0.25, 0.3) is 10.0 Å². The van der Waals surface area contributed by atoms with Gasteiger partial charge in [-0.1, -0.05) is 55.8 Å². The summed E-state index contributed by atoms with van der Waals surface area (Å²) in [4.78, 5) is 19.2. The summed E-state index contributed by atoms with van der Waals surface area (Å²) in [6.07, 6.45) is 4.76. The minimum absolute atomic E-state index is 0.156. The fourth-order valence-electron chi connectivity index (χ4n) is 4.02. The van der Waals surface area contributed by atoms with Crippen LogP contribution in [-0.4, -0.2) is 54.8 Å². The number of imidazole rings is 1. The second-order valence-corrected chi connectivity index (χ2v) is 11.4. The Kier molecular flexibility index (Phi) is 7.76. The van der Waals surface area contributed by atoms with E-state index in [9.17, 15) is 13.2 Å². The van der Waals surface area contributed by atoms with E-state index in [1.165, 1.54) is 6.34 Å². The lowest BCUT2D eigenvalue weighted by atomic mass is 10.0. The molecule has 2 heterocycles. The quantitative estimate of drug-likeness (QED) is 0.301. The molecule has 9 heteroatoms. The van der Waals surface area contributed by atoms with Crippen molar-refractivity contribution in [1.29, 1.82) is 0 Å². The number of carbonyl (C=O) groups excluding carboxylic acids is 1. The van der Waals surface area contributed by atoms with Gasteiger partial charge in [-0.15, -0.1) is 16.2 Å². The van der Waals surface area contributed by atoms with Crippen LogP contribution in [0.15, 0.2) is 62.9 Å². The lowest BCUT2D eigenvalue weighted by molar-refractivity contribution is 0.0975. The van der Waals surface area contributed by atoms with Crippen LogP contribution in [-0.2, 0) is 23.0 Å². The molecule has 3 aromatic rings. The van der Waals surface area contributed by atoms with Gasteiger partial charge >= 0.3 is 0 Å². The average molecular weight is 511 g/mol. The number of nitrogens with zero attached hydrogens (tertiary/aromatic N) is 4. The van der Waals surface area contributed by atoms with E-state index in [4.69, 9.17) is 4.98 Å². The Morgan fingerprint density at radius 3 is 2.60 bits per heavy atom. The van der Waals surface area contributed by atoms with Crippen molar-refractivity contribution in [1.82, 2.24) is 14.5 Å². The van der Waals surface area contributed by atoms with Gasteiger partial charge < -0.3 is 9.47 Å². The van der Waals surface area contributed by atoms with E-state index in [1.54, 1.807) is 49.0 Å². The van der Waals surface area contributed by atoms with E-state index >= 15 is 0 Å². The van der Waals surface area contributed by atoms with Crippen LogP contribution in [0.1, 0.15) is 48.1 Å².